The van der Waals surface area contributed by atoms with Crippen molar-refractivity contribution >= 4 is 15.9 Å². The van der Waals surface area contributed by atoms with Crippen LogP contribution in [0, 0.1) is 5.92 Å². The molecule has 1 nitrogen and oxygen atoms in total. The van der Waals surface area contributed by atoms with Gasteiger partial charge in [0, 0.05) is 11.1 Å². The van der Waals surface area contributed by atoms with E-state index in [0.717, 1.165) is 23.6 Å². The summed E-state index contributed by atoms with van der Waals surface area (Å²) in [4.78, 5) is 0. The fourth-order valence-corrected chi connectivity index (χ4v) is 1.92. The Morgan fingerprint density at radius 3 is 2.93 bits per heavy atom. The molecule has 0 radical (unpaired) electrons. The van der Waals surface area contributed by atoms with E-state index in [-0.39, 0.29) is 0 Å². The van der Waals surface area contributed by atoms with Crippen LogP contribution in [-0.2, 0) is 11.3 Å². The highest BCUT2D eigenvalue weighted by atomic mass is 79.9. The Morgan fingerprint density at radius 2 is 2.21 bits per heavy atom. The summed E-state index contributed by atoms with van der Waals surface area (Å²) < 4.78 is 6.73. The van der Waals surface area contributed by atoms with Crippen LogP contribution in [0.2, 0.25) is 0 Å². The van der Waals surface area contributed by atoms with Crippen molar-refractivity contribution in [1.29, 1.82) is 0 Å². The fourth-order valence-electron chi connectivity index (χ4n) is 1.47. The normalized spacial score (nSPS) is 15.8. The molecule has 0 N–H and O–H groups in total. The Hall–Kier alpha value is -0.340. The highest BCUT2D eigenvalue weighted by molar-refractivity contribution is 9.10. The molecular weight excluding hydrogens is 240 g/mol. The van der Waals surface area contributed by atoms with Gasteiger partial charge >= 0.3 is 0 Å². The van der Waals surface area contributed by atoms with E-state index in [0.29, 0.717) is 0 Å². The number of ether oxygens (including phenoxy) is 1. The minimum Gasteiger partial charge on any atom is -0.377 e. The third-order valence-electron chi connectivity index (χ3n) is 2.53. The summed E-state index contributed by atoms with van der Waals surface area (Å²) in [5, 5.41) is 0. The van der Waals surface area contributed by atoms with Crippen molar-refractivity contribution in [2.45, 2.75) is 25.9 Å². The molecule has 1 aliphatic rings. The lowest BCUT2D eigenvalue weighted by Crippen LogP contribution is -1.96. The van der Waals surface area contributed by atoms with E-state index in [4.69, 9.17) is 4.74 Å². The summed E-state index contributed by atoms with van der Waals surface area (Å²) in [6.07, 6.45) is 4.08. The van der Waals surface area contributed by atoms with E-state index >= 15 is 0 Å². The minimum absolute atomic E-state index is 0.742. The molecule has 0 heterocycles. The van der Waals surface area contributed by atoms with Gasteiger partial charge in [-0.15, -0.1) is 0 Å². The molecule has 0 amide bonds. The molecule has 14 heavy (non-hydrogen) atoms. The Balaban J connectivity index is 1.68. The minimum atomic E-state index is 0.742. The lowest BCUT2D eigenvalue weighted by molar-refractivity contribution is 0.115. The van der Waals surface area contributed by atoms with Crippen LogP contribution >= 0.6 is 15.9 Å². The van der Waals surface area contributed by atoms with Gasteiger partial charge in [-0.1, -0.05) is 40.9 Å². The van der Waals surface area contributed by atoms with Crippen molar-refractivity contribution < 1.29 is 4.74 Å². The highest BCUT2D eigenvalue weighted by Gasteiger charge is 2.20. The van der Waals surface area contributed by atoms with Crippen molar-refractivity contribution in [2.75, 3.05) is 6.61 Å². The molecule has 2 heteroatoms. The molecule has 1 aromatic rings. The predicted octanol–water partition coefficient (Wildman–Crippen LogP) is 3.77. The van der Waals surface area contributed by atoms with Crippen LogP contribution in [0.5, 0.6) is 0 Å². The highest BCUT2D eigenvalue weighted by Crippen LogP contribution is 2.32. The van der Waals surface area contributed by atoms with Gasteiger partial charge in [-0.25, -0.2) is 0 Å². The topological polar surface area (TPSA) is 9.23 Å². The largest absolute Gasteiger partial charge is 0.377 e. The molecule has 2 rings (SSSR count). The SMILES string of the molecule is Brc1cccc(COCCC2CC2)c1. The number of rotatable bonds is 5. The molecule has 0 spiro atoms. The maximum Gasteiger partial charge on any atom is 0.0717 e. The Morgan fingerprint density at radius 1 is 1.36 bits per heavy atom. The van der Waals surface area contributed by atoms with Crippen LogP contribution in [0.4, 0.5) is 0 Å². The molecule has 1 aliphatic carbocycles. The Bertz CT molecular complexity index is 294. The first-order chi connectivity index (χ1) is 6.84. The van der Waals surface area contributed by atoms with E-state index in [9.17, 15) is 0 Å². The molecule has 0 atom stereocenters. The molecule has 1 fully saturated rings. The van der Waals surface area contributed by atoms with Crippen molar-refractivity contribution in [3.63, 3.8) is 0 Å². The van der Waals surface area contributed by atoms with Gasteiger partial charge in [0.1, 0.15) is 0 Å². The first-order valence-corrected chi connectivity index (χ1v) is 5.96. The lowest BCUT2D eigenvalue weighted by Gasteiger charge is -2.03. The third kappa shape index (κ3) is 3.43. The second-order valence-electron chi connectivity index (χ2n) is 3.91. The van der Waals surface area contributed by atoms with Gasteiger partial charge in [-0.05, 0) is 30.0 Å². The monoisotopic (exact) mass is 254 g/mol. The van der Waals surface area contributed by atoms with Crippen molar-refractivity contribution in [3.05, 3.63) is 34.3 Å². The number of benzene rings is 1. The van der Waals surface area contributed by atoms with Crippen molar-refractivity contribution in [3.8, 4) is 0 Å². The van der Waals surface area contributed by atoms with Gasteiger partial charge in [-0.2, -0.15) is 0 Å². The van der Waals surface area contributed by atoms with E-state index in [1.165, 1.54) is 24.8 Å². The van der Waals surface area contributed by atoms with Crippen LogP contribution < -0.4 is 0 Å². The number of hydrogen-bond acceptors (Lipinski definition) is 1. The molecule has 0 unspecified atom stereocenters. The summed E-state index contributed by atoms with van der Waals surface area (Å²) in [5.41, 5.74) is 1.25. The maximum absolute atomic E-state index is 5.60. The summed E-state index contributed by atoms with van der Waals surface area (Å²) in [6, 6.07) is 8.29. The zero-order valence-electron chi connectivity index (χ0n) is 8.21. The fraction of sp³-hybridized carbons (Fsp3) is 0.500. The number of halogens is 1. The smallest absolute Gasteiger partial charge is 0.0717 e. The quantitative estimate of drug-likeness (QED) is 0.728. The molecule has 0 aromatic heterocycles. The summed E-state index contributed by atoms with van der Waals surface area (Å²) in [7, 11) is 0. The van der Waals surface area contributed by atoms with Gasteiger partial charge < -0.3 is 4.74 Å². The molecular formula is C12H15BrO. The van der Waals surface area contributed by atoms with Gasteiger partial charge in [0.05, 0.1) is 6.61 Å². The van der Waals surface area contributed by atoms with Crippen molar-refractivity contribution in [1.82, 2.24) is 0 Å². The van der Waals surface area contributed by atoms with Gasteiger partial charge in [0.2, 0.25) is 0 Å². The molecule has 0 bridgehead atoms. The molecule has 1 saturated carbocycles. The summed E-state index contributed by atoms with van der Waals surface area (Å²) >= 11 is 3.45. The van der Waals surface area contributed by atoms with Gasteiger partial charge in [-0.3, -0.25) is 0 Å². The average molecular weight is 255 g/mol. The second kappa shape index (κ2) is 4.94. The first kappa shape index (κ1) is 10.2. The second-order valence-corrected chi connectivity index (χ2v) is 4.83. The summed E-state index contributed by atoms with van der Waals surface area (Å²) in [6.45, 7) is 1.66. The van der Waals surface area contributed by atoms with Gasteiger partial charge in [0.15, 0.2) is 0 Å². The first-order valence-electron chi connectivity index (χ1n) is 5.17. The van der Waals surface area contributed by atoms with Crippen LogP contribution in [0.25, 0.3) is 0 Å². The molecule has 0 saturated heterocycles. The zero-order chi connectivity index (χ0) is 9.80. The average Bonchev–Trinajstić information content (AvgIpc) is 2.96. The number of hydrogen-bond donors (Lipinski definition) is 0. The van der Waals surface area contributed by atoms with E-state index < -0.39 is 0 Å². The van der Waals surface area contributed by atoms with Gasteiger partial charge in [0.25, 0.3) is 0 Å². The zero-order valence-corrected chi connectivity index (χ0v) is 9.79. The third-order valence-corrected chi connectivity index (χ3v) is 3.02. The van der Waals surface area contributed by atoms with Crippen LogP contribution in [0.3, 0.4) is 0 Å². The van der Waals surface area contributed by atoms with Crippen LogP contribution in [0.1, 0.15) is 24.8 Å². The van der Waals surface area contributed by atoms with Crippen LogP contribution in [0.15, 0.2) is 28.7 Å². The lowest BCUT2D eigenvalue weighted by atomic mass is 10.2. The standard InChI is InChI=1S/C12H15BrO/c13-12-3-1-2-11(8-12)9-14-7-6-10-4-5-10/h1-3,8,10H,4-7,9H2. The maximum atomic E-state index is 5.60. The van der Waals surface area contributed by atoms with Crippen LogP contribution in [-0.4, -0.2) is 6.61 Å². The summed E-state index contributed by atoms with van der Waals surface area (Å²) in [5.74, 6) is 0.970. The van der Waals surface area contributed by atoms with Crippen molar-refractivity contribution in [2.24, 2.45) is 5.92 Å². The molecule has 0 aliphatic heterocycles. The molecule has 76 valence electrons. The predicted molar refractivity (Wildman–Crippen MR) is 61.1 cm³/mol. The molecule has 1 aromatic carbocycles. The Kier molecular flexibility index (Phi) is 3.60. The van der Waals surface area contributed by atoms with E-state index in [1.54, 1.807) is 0 Å². The Labute approximate surface area is 93.6 Å². The van der Waals surface area contributed by atoms with E-state index in [2.05, 4.69) is 28.1 Å². The van der Waals surface area contributed by atoms with E-state index in [1.807, 2.05) is 12.1 Å².